The third-order valence-electron chi connectivity index (χ3n) is 5.52. The van der Waals surface area contributed by atoms with Crippen LogP contribution in [0.2, 0.25) is 0 Å². The van der Waals surface area contributed by atoms with E-state index >= 15 is 0 Å². The van der Waals surface area contributed by atoms with Gasteiger partial charge in [0.05, 0.1) is 12.1 Å². The minimum atomic E-state index is -0.874. The van der Waals surface area contributed by atoms with E-state index in [1.54, 1.807) is 0 Å². The average Bonchev–Trinajstić information content (AvgIpc) is 3.13. The largest absolute Gasteiger partial charge is 0.465 e. The van der Waals surface area contributed by atoms with E-state index in [0.29, 0.717) is 32.7 Å². The molecule has 0 bridgehead atoms. The molecule has 146 valence electrons. The average molecular weight is 379 g/mol. The Bertz CT molecular complexity index is 932. The number of aliphatic hydroxyl groups excluding tert-OH is 1. The van der Waals surface area contributed by atoms with Gasteiger partial charge in [-0.3, -0.25) is 4.90 Å². The molecule has 2 N–H and O–H groups in total. The van der Waals surface area contributed by atoms with Crippen LogP contribution in [0.15, 0.2) is 66.9 Å². The van der Waals surface area contributed by atoms with Crippen LogP contribution in [0.25, 0.3) is 10.9 Å². The van der Waals surface area contributed by atoms with Crippen molar-refractivity contribution in [2.45, 2.75) is 12.1 Å². The van der Waals surface area contributed by atoms with Crippen LogP contribution < -0.4 is 0 Å². The summed E-state index contributed by atoms with van der Waals surface area (Å²) in [6, 6.07) is 20.1. The van der Waals surface area contributed by atoms with Gasteiger partial charge >= 0.3 is 6.09 Å². The number of hydrogen-bond donors (Lipinski definition) is 2. The first-order chi connectivity index (χ1) is 13.6. The van der Waals surface area contributed by atoms with Crippen LogP contribution in [0.5, 0.6) is 0 Å². The fourth-order valence-corrected chi connectivity index (χ4v) is 4.05. The predicted octanol–water partition coefficient (Wildman–Crippen LogP) is 2.89. The van der Waals surface area contributed by atoms with E-state index < -0.39 is 12.2 Å². The molecule has 1 fully saturated rings. The number of β-amino-alcohol motifs (C(OH)–C–C–N with tert-alkyl or cyclic N) is 1. The number of nitrogens with zero attached hydrogens (tertiary/aromatic N) is 3. The molecule has 0 aliphatic carbocycles. The number of benzene rings is 2. The third-order valence-corrected chi connectivity index (χ3v) is 5.52. The Morgan fingerprint density at radius 2 is 1.61 bits per heavy atom. The first kappa shape index (κ1) is 18.5. The number of amides is 1. The van der Waals surface area contributed by atoms with Gasteiger partial charge in [0.15, 0.2) is 0 Å². The number of carboxylic acid groups (broad SMARTS) is 1. The summed E-state index contributed by atoms with van der Waals surface area (Å²) in [4.78, 5) is 14.7. The first-order valence-corrected chi connectivity index (χ1v) is 9.62. The van der Waals surface area contributed by atoms with Crippen molar-refractivity contribution in [1.29, 1.82) is 0 Å². The second-order valence-corrected chi connectivity index (χ2v) is 7.27. The van der Waals surface area contributed by atoms with Gasteiger partial charge in [0.1, 0.15) is 0 Å². The summed E-state index contributed by atoms with van der Waals surface area (Å²) in [5.74, 6) is 0. The number of fused-ring (bicyclic) bond motifs is 1. The van der Waals surface area contributed by atoms with Crippen LogP contribution >= 0.6 is 0 Å². The van der Waals surface area contributed by atoms with Gasteiger partial charge in [-0.15, -0.1) is 0 Å². The van der Waals surface area contributed by atoms with Gasteiger partial charge in [-0.2, -0.15) is 0 Å². The molecule has 6 nitrogen and oxygen atoms in total. The third kappa shape index (κ3) is 3.74. The van der Waals surface area contributed by atoms with Crippen LogP contribution in [-0.2, 0) is 0 Å². The van der Waals surface area contributed by atoms with Gasteiger partial charge < -0.3 is 19.7 Å². The first-order valence-electron chi connectivity index (χ1n) is 9.62. The molecule has 2 atom stereocenters. The van der Waals surface area contributed by atoms with Gasteiger partial charge in [0, 0.05) is 44.4 Å². The molecular weight excluding hydrogens is 354 g/mol. The van der Waals surface area contributed by atoms with Gasteiger partial charge in [0.2, 0.25) is 0 Å². The van der Waals surface area contributed by atoms with Gasteiger partial charge in [-0.05, 0) is 23.1 Å². The van der Waals surface area contributed by atoms with Crippen LogP contribution in [0, 0.1) is 0 Å². The van der Waals surface area contributed by atoms with Crippen molar-refractivity contribution in [2.24, 2.45) is 0 Å². The summed E-state index contributed by atoms with van der Waals surface area (Å²) >= 11 is 0. The maximum Gasteiger partial charge on any atom is 0.407 e. The summed E-state index contributed by atoms with van der Waals surface area (Å²) in [6.07, 6.45) is 0.546. The summed E-state index contributed by atoms with van der Waals surface area (Å²) in [5, 5.41) is 21.5. The second-order valence-electron chi connectivity index (χ2n) is 7.27. The molecule has 1 aliphatic rings. The number of para-hydroxylation sites is 1. The number of rotatable bonds is 5. The highest BCUT2D eigenvalue weighted by atomic mass is 16.4. The quantitative estimate of drug-likeness (QED) is 0.715. The molecule has 4 rings (SSSR count). The minimum Gasteiger partial charge on any atom is -0.465 e. The lowest BCUT2D eigenvalue weighted by molar-refractivity contribution is 0.0537. The lowest BCUT2D eigenvalue weighted by atomic mass is 10.00. The molecule has 3 aromatic rings. The highest BCUT2D eigenvalue weighted by molar-refractivity contribution is 5.80. The molecule has 1 aromatic heterocycles. The number of aliphatic hydroxyl groups is 1. The fourth-order valence-electron chi connectivity index (χ4n) is 4.05. The molecule has 28 heavy (non-hydrogen) atoms. The molecule has 1 aliphatic heterocycles. The number of piperazine rings is 1. The fraction of sp³-hybridized carbons (Fsp3) is 0.318. The topological polar surface area (TPSA) is 68.9 Å². The molecule has 2 aromatic carbocycles. The van der Waals surface area contributed by atoms with Crippen LogP contribution in [-0.4, -0.2) is 69.5 Å². The van der Waals surface area contributed by atoms with E-state index in [0.717, 1.165) is 16.5 Å². The van der Waals surface area contributed by atoms with Gasteiger partial charge in [-0.25, -0.2) is 4.79 Å². The van der Waals surface area contributed by atoms with Crippen LogP contribution in [0.3, 0.4) is 0 Å². The SMILES string of the molecule is O=C(O)N1CCN(CC(O)C(c2ccccc2)n2ccc3ccccc32)CC1. The smallest absolute Gasteiger partial charge is 0.407 e. The van der Waals surface area contributed by atoms with Crippen molar-refractivity contribution < 1.29 is 15.0 Å². The van der Waals surface area contributed by atoms with Crippen molar-refractivity contribution in [3.8, 4) is 0 Å². The Morgan fingerprint density at radius 3 is 2.32 bits per heavy atom. The van der Waals surface area contributed by atoms with E-state index in [-0.39, 0.29) is 6.04 Å². The molecule has 6 heteroatoms. The van der Waals surface area contributed by atoms with E-state index in [2.05, 4.69) is 27.7 Å². The zero-order valence-electron chi connectivity index (χ0n) is 15.7. The lowest BCUT2D eigenvalue weighted by Crippen LogP contribution is -2.51. The molecule has 2 heterocycles. The summed E-state index contributed by atoms with van der Waals surface area (Å²) in [7, 11) is 0. The normalized spacial score (nSPS) is 17.5. The van der Waals surface area contributed by atoms with E-state index in [1.165, 1.54) is 4.90 Å². The Kier molecular flexibility index (Phi) is 5.32. The van der Waals surface area contributed by atoms with Crippen molar-refractivity contribution in [1.82, 2.24) is 14.4 Å². The molecule has 1 amide bonds. The van der Waals surface area contributed by atoms with Crippen molar-refractivity contribution in [3.63, 3.8) is 0 Å². The lowest BCUT2D eigenvalue weighted by Gasteiger charge is -2.36. The monoisotopic (exact) mass is 379 g/mol. The molecule has 0 saturated carbocycles. The van der Waals surface area contributed by atoms with Crippen molar-refractivity contribution >= 4 is 17.0 Å². The second kappa shape index (κ2) is 8.04. The minimum absolute atomic E-state index is 0.210. The molecule has 0 radical (unpaired) electrons. The molecular formula is C22H25N3O3. The van der Waals surface area contributed by atoms with E-state index in [9.17, 15) is 9.90 Å². The molecule has 1 saturated heterocycles. The van der Waals surface area contributed by atoms with Crippen LogP contribution in [0.1, 0.15) is 11.6 Å². The Hall–Kier alpha value is -2.83. The summed E-state index contributed by atoms with van der Waals surface area (Å²) in [6.45, 7) is 2.73. The highest BCUT2D eigenvalue weighted by Crippen LogP contribution is 2.28. The van der Waals surface area contributed by atoms with Gasteiger partial charge in [0.25, 0.3) is 0 Å². The van der Waals surface area contributed by atoms with Crippen molar-refractivity contribution in [3.05, 3.63) is 72.4 Å². The maximum atomic E-state index is 11.2. The van der Waals surface area contributed by atoms with Crippen molar-refractivity contribution in [2.75, 3.05) is 32.7 Å². The zero-order valence-corrected chi connectivity index (χ0v) is 15.7. The molecule has 0 spiro atoms. The predicted molar refractivity (Wildman–Crippen MR) is 109 cm³/mol. The van der Waals surface area contributed by atoms with Crippen LogP contribution in [0.4, 0.5) is 4.79 Å². The Morgan fingerprint density at radius 1 is 0.929 bits per heavy atom. The molecule has 2 unspecified atom stereocenters. The Labute approximate surface area is 164 Å². The van der Waals surface area contributed by atoms with Gasteiger partial charge in [-0.1, -0.05) is 48.5 Å². The van der Waals surface area contributed by atoms with E-state index in [4.69, 9.17) is 5.11 Å². The Balaban J connectivity index is 1.59. The summed E-state index contributed by atoms with van der Waals surface area (Å²) < 4.78 is 2.14. The van der Waals surface area contributed by atoms with E-state index in [1.807, 2.05) is 48.7 Å². The standard InChI is InChI=1S/C22H25N3O3/c26-20(16-23-12-14-24(15-13-23)22(27)28)21(18-7-2-1-3-8-18)25-11-10-17-6-4-5-9-19(17)25/h1-11,20-21,26H,12-16H2,(H,27,28). The number of carbonyl (C=O) groups is 1. The summed E-state index contributed by atoms with van der Waals surface area (Å²) in [5.41, 5.74) is 2.15. The maximum absolute atomic E-state index is 11.2. The highest BCUT2D eigenvalue weighted by Gasteiger charge is 2.28. The zero-order chi connectivity index (χ0) is 19.5. The number of hydrogen-bond acceptors (Lipinski definition) is 3. The number of aromatic nitrogens is 1.